The number of aromatic nitrogens is 5. The van der Waals surface area contributed by atoms with Crippen molar-refractivity contribution in [2.24, 2.45) is 0 Å². The summed E-state index contributed by atoms with van der Waals surface area (Å²) in [6.45, 7) is 1.37. The Morgan fingerprint density at radius 3 is 2.89 bits per heavy atom. The molecular formula is C20H17BrN6O. The summed E-state index contributed by atoms with van der Waals surface area (Å²) < 4.78 is 0.905. The van der Waals surface area contributed by atoms with Crippen molar-refractivity contribution in [2.75, 3.05) is 18.0 Å². The number of fused-ring (bicyclic) bond motifs is 1. The van der Waals surface area contributed by atoms with Crippen LogP contribution in [0.15, 0.2) is 53.4 Å². The van der Waals surface area contributed by atoms with Crippen molar-refractivity contribution in [3.63, 3.8) is 0 Å². The van der Waals surface area contributed by atoms with Crippen LogP contribution in [-0.2, 0) is 0 Å². The zero-order chi connectivity index (χ0) is 19.1. The molecule has 0 aromatic carbocycles. The third-order valence-corrected chi connectivity index (χ3v) is 5.56. The van der Waals surface area contributed by atoms with Gasteiger partial charge in [0.25, 0.3) is 0 Å². The van der Waals surface area contributed by atoms with Gasteiger partial charge in [0.05, 0.1) is 33.7 Å². The molecular weight excluding hydrogens is 420 g/mol. The molecule has 140 valence electrons. The monoisotopic (exact) mass is 436 g/mol. The molecule has 1 atom stereocenters. The summed E-state index contributed by atoms with van der Waals surface area (Å²) >= 11 is 3.58. The number of H-pyrrole nitrogens is 1. The van der Waals surface area contributed by atoms with Gasteiger partial charge >= 0.3 is 0 Å². The lowest BCUT2D eigenvalue weighted by atomic mass is 10.1. The standard InChI is InChI=1S/C20H17BrN6O/c21-15-3-4-16(24-20(15)27-7-5-13(28)11-27)19-14-8-17(12-2-1-6-22-9-12)23-10-18(14)25-26-19/h1-4,6,8-10,13,28H,5,7,11H2,(H,25,26). The smallest absolute Gasteiger partial charge is 0.143 e. The third-order valence-electron chi connectivity index (χ3n) is 4.94. The summed E-state index contributed by atoms with van der Waals surface area (Å²) in [5.41, 5.74) is 4.19. The van der Waals surface area contributed by atoms with Crippen molar-refractivity contribution < 1.29 is 5.11 Å². The number of β-amino-alcohol motifs (C(OH)–C–C–N with tert-alkyl or cyclic N) is 1. The van der Waals surface area contributed by atoms with Gasteiger partial charge in [-0.15, -0.1) is 0 Å². The van der Waals surface area contributed by atoms with Gasteiger partial charge in [0.1, 0.15) is 11.5 Å². The van der Waals surface area contributed by atoms with Crippen LogP contribution >= 0.6 is 15.9 Å². The van der Waals surface area contributed by atoms with E-state index in [1.54, 1.807) is 18.6 Å². The van der Waals surface area contributed by atoms with Crippen LogP contribution in [0.5, 0.6) is 0 Å². The summed E-state index contributed by atoms with van der Waals surface area (Å²) in [6, 6.07) is 9.81. The van der Waals surface area contributed by atoms with Gasteiger partial charge in [0.15, 0.2) is 0 Å². The molecule has 1 aliphatic heterocycles. The maximum absolute atomic E-state index is 9.87. The van der Waals surface area contributed by atoms with Crippen LogP contribution in [0.3, 0.4) is 0 Å². The maximum Gasteiger partial charge on any atom is 0.143 e. The molecule has 0 radical (unpaired) electrons. The van der Waals surface area contributed by atoms with E-state index in [4.69, 9.17) is 4.98 Å². The van der Waals surface area contributed by atoms with Crippen LogP contribution in [0.1, 0.15) is 6.42 Å². The molecule has 0 aliphatic carbocycles. The zero-order valence-electron chi connectivity index (χ0n) is 14.9. The summed E-state index contributed by atoms with van der Waals surface area (Å²) in [7, 11) is 0. The molecule has 4 aromatic rings. The van der Waals surface area contributed by atoms with Gasteiger partial charge in [0.2, 0.25) is 0 Å². The topological polar surface area (TPSA) is 90.8 Å². The fourth-order valence-electron chi connectivity index (χ4n) is 3.50. The van der Waals surface area contributed by atoms with Gasteiger partial charge in [-0.2, -0.15) is 5.10 Å². The Kier molecular flexibility index (Phi) is 4.29. The second-order valence-electron chi connectivity index (χ2n) is 6.82. The number of aliphatic hydroxyl groups excluding tert-OH is 1. The Balaban J connectivity index is 1.59. The number of hydrogen-bond donors (Lipinski definition) is 2. The number of aliphatic hydroxyl groups is 1. The van der Waals surface area contributed by atoms with E-state index in [-0.39, 0.29) is 6.10 Å². The summed E-state index contributed by atoms with van der Waals surface area (Å²) in [5, 5.41) is 18.4. The molecule has 0 bridgehead atoms. The lowest BCUT2D eigenvalue weighted by molar-refractivity contribution is 0.198. The number of anilines is 1. The van der Waals surface area contributed by atoms with Crippen LogP contribution < -0.4 is 4.90 Å². The lowest BCUT2D eigenvalue weighted by Gasteiger charge is -2.18. The van der Waals surface area contributed by atoms with Crippen molar-refractivity contribution in [3.05, 3.63) is 53.4 Å². The normalized spacial score (nSPS) is 16.8. The van der Waals surface area contributed by atoms with E-state index < -0.39 is 0 Å². The SMILES string of the molecule is OC1CCN(c2nc(-c3n[nH]c4cnc(-c5cccnc5)cc34)ccc2Br)C1. The van der Waals surface area contributed by atoms with Gasteiger partial charge in [-0.1, -0.05) is 0 Å². The van der Waals surface area contributed by atoms with Gasteiger partial charge in [-0.05, 0) is 52.7 Å². The average Bonchev–Trinajstić information content (AvgIpc) is 3.35. The fraction of sp³-hybridized carbons (Fsp3) is 0.200. The molecule has 8 heteroatoms. The molecule has 2 N–H and O–H groups in total. The molecule has 1 unspecified atom stereocenters. The van der Waals surface area contributed by atoms with Crippen molar-refractivity contribution in [3.8, 4) is 22.6 Å². The lowest BCUT2D eigenvalue weighted by Crippen LogP contribution is -2.22. The van der Waals surface area contributed by atoms with Crippen molar-refractivity contribution in [1.82, 2.24) is 25.1 Å². The summed E-state index contributed by atoms with van der Waals surface area (Å²) in [4.78, 5) is 15.6. The number of nitrogens with one attached hydrogen (secondary N) is 1. The van der Waals surface area contributed by atoms with E-state index in [2.05, 4.69) is 41.0 Å². The van der Waals surface area contributed by atoms with E-state index in [9.17, 15) is 5.11 Å². The van der Waals surface area contributed by atoms with Crippen molar-refractivity contribution in [2.45, 2.75) is 12.5 Å². The van der Waals surface area contributed by atoms with E-state index in [0.717, 1.165) is 56.8 Å². The highest BCUT2D eigenvalue weighted by atomic mass is 79.9. The number of nitrogens with zero attached hydrogens (tertiary/aromatic N) is 5. The largest absolute Gasteiger partial charge is 0.391 e. The highest BCUT2D eigenvalue weighted by molar-refractivity contribution is 9.10. The molecule has 1 fully saturated rings. The van der Waals surface area contributed by atoms with Crippen LogP contribution in [-0.4, -0.2) is 49.4 Å². The molecule has 5 rings (SSSR count). The molecule has 0 saturated carbocycles. The molecule has 7 nitrogen and oxygen atoms in total. The quantitative estimate of drug-likeness (QED) is 0.511. The van der Waals surface area contributed by atoms with Crippen LogP contribution in [0.2, 0.25) is 0 Å². The first-order valence-corrected chi connectivity index (χ1v) is 9.83. The predicted molar refractivity (Wildman–Crippen MR) is 111 cm³/mol. The van der Waals surface area contributed by atoms with Crippen molar-refractivity contribution in [1.29, 1.82) is 0 Å². The molecule has 4 aromatic heterocycles. The number of halogens is 1. The molecule has 0 amide bonds. The molecule has 0 spiro atoms. The van der Waals surface area contributed by atoms with E-state index in [1.165, 1.54) is 0 Å². The molecule has 5 heterocycles. The Morgan fingerprint density at radius 1 is 1.18 bits per heavy atom. The Labute approximate surface area is 169 Å². The van der Waals surface area contributed by atoms with Crippen LogP contribution in [0.4, 0.5) is 5.82 Å². The summed E-state index contributed by atoms with van der Waals surface area (Å²) in [6.07, 6.45) is 5.77. The van der Waals surface area contributed by atoms with E-state index >= 15 is 0 Å². The summed E-state index contributed by atoms with van der Waals surface area (Å²) in [5.74, 6) is 0.826. The van der Waals surface area contributed by atoms with Crippen LogP contribution in [0, 0.1) is 0 Å². The van der Waals surface area contributed by atoms with Gasteiger partial charge in [0, 0.05) is 36.4 Å². The first kappa shape index (κ1) is 17.3. The molecule has 1 saturated heterocycles. The van der Waals surface area contributed by atoms with Crippen LogP contribution in [0.25, 0.3) is 33.5 Å². The second-order valence-corrected chi connectivity index (χ2v) is 7.67. The molecule has 28 heavy (non-hydrogen) atoms. The maximum atomic E-state index is 9.87. The first-order chi connectivity index (χ1) is 13.7. The van der Waals surface area contributed by atoms with Crippen molar-refractivity contribution >= 4 is 32.7 Å². The van der Waals surface area contributed by atoms with E-state index in [1.807, 2.05) is 30.3 Å². The second kappa shape index (κ2) is 6.96. The van der Waals surface area contributed by atoms with Gasteiger partial charge in [-0.3, -0.25) is 15.1 Å². The number of hydrogen-bond acceptors (Lipinski definition) is 6. The number of pyridine rings is 3. The minimum atomic E-state index is -0.309. The molecule has 1 aliphatic rings. The first-order valence-electron chi connectivity index (χ1n) is 9.03. The zero-order valence-corrected chi connectivity index (χ0v) is 16.5. The fourth-order valence-corrected chi connectivity index (χ4v) is 3.97. The number of rotatable bonds is 3. The third kappa shape index (κ3) is 3.04. The Bertz CT molecular complexity index is 1150. The van der Waals surface area contributed by atoms with Gasteiger partial charge < -0.3 is 10.0 Å². The predicted octanol–water partition coefficient (Wildman–Crippen LogP) is 3.42. The Morgan fingerprint density at radius 2 is 2.11 bits per heavy atom. The minimum absolute atomic E-state index is 0.309. The van der Waals surface area contributed by atoms with Gasteiger partial charge in [-0.25, -0.2) is 4.98 Å². The number of aromatic amines is 1. The highest BCUT2D eigenvalue weighted by Crippen LogP contribution is 2.33. The minimum Gasteiger partial charge on any atom is -0.391 e. The average molecular weight is 437 g/mol. The Hall–Kier alpha value is -2.84. The van der Waals surface area contributed by atoms with E-state index in [0.29, 0.717) is 6.54 Å². The highest BCUT2D eigenvalue weighted by Gasteiger charge is 2.24.